The molecule has 5 nitrogen and oxygen atoms in total. The smallest absolute Gasteiger partial charge is 0.339 e. The van der Waals surface area contributed by atoms with Crippen molar-refractivity contribution in [1.82, 2.24) is 4.98 Å². The number of carbonyl (C=O) groups excluding carboxylic acids is 2. The largest absolute Gasteiger partial charge is 0.462 e. The summed E-state index contributed by atoms with van der Waals surface area (Å²) in [6, 6.07) is 3.31. The minimum absolute atomic E-state index is 0.0675. The van der Waals surface area contributed by atoms with Crippen molar-refractivity contribution in [2.24, 2.45) is 0 Å². The van der Waals surface area contributed by atoms with Gasteiger partial charge in [0.1, 0.15) is 13.2 Å². The second-order valence-electron chi connectivity index (χ2n) is 7.59. The van der Waals surface area contributed by atoms with E-state index in [4.69, 9.17) is 9.47 Å². The molecule has 0 atom stereocenters. The molecular weight excluding hydrogens is 366 g/mol. The number of pyridine rings is 1. The highest BCUT2D eigenvalue weighted by molar-refractivity contribution is 5.88. The molecule has 0 bridgehead atoms. The highest BCUT2D eigenvalue weighted by Gasteiger charge is 2.07. The normalized spacial score (nSPS) is 10.7. The Kier molecular flexibility index (Phi) is 15.7. The molecule has 0 saturated heterocycles. The third-order valence-corrected chi connectivity index (χ3v) is 4.96. The number of nitrogens with zero attached hydrogens (tertiary/aromatic N) is 1. The van der Waals surface area contributed by atoms with E-state index in [2.05, 4.69) is 11.9 Å². The van der Waals surface area contributed by atoms with Crippen LogP contribution in [0.4, 0.5) is 0 Å². The van der Waals surface area contributed by atoms with Crippen LogP contribution in [0.5, 0.6) is 0 Å². The van der Waals surface area contributed by atoms with Gasteiger partial charge in [-0.25, -0.2) is 4.79 Å². The van der Waals surface area contributed by atoms with Crippen LogP contribution in [0.25, 0.3) is 0 Å². The van der Waals surface area contributed by atoms with Crippen molar-refractivity contribution in [3.63, 3.8) is 0 Å². The van der Waals surface area contributed by atoms with Crippen molar-refractivity contribution < 1.29 is 19.1 Å². The van der Waals surface area contributed by atoms with Crippen molar-refractivity contribution >= 4 is 11.9 Å². The van der Waals surface area contributed by atoms with Crippen LogP contribution in [0, 0.1) is 0 Å². The van der Waals surface area contributed by atoms with Gasteiger partial charge in [0.25, 0.3) is 0 Å². The summed E-state index contributed by atoms with van der Waals surface area (Å²) in [6.45, 7) is 2.43. The van der Waals surface area contributed by atoms with Gasteiger partial charge in [-0.3, -0.25) is 9.78 Å². The predicted molar refractivity (Wildman–Crippen MR) is 116 cm³/mol. The Balaban J connectivity index is 1.83. The van der Waals surface area contributed by atoms with E-state index in [0.29, 0.717) is 12.0 Å². The topological polar surface area (TPSA) is 65.5 Å². The van der Waals surface area contributed by atoms with Gasteiger partial charge in [0, 0.05) is 18.8 Å². The van der Waals surface area contributed by atoms with E-state index < -0.39 is 5.97 Å². The molecular formula is C24H39NO4. The number of aromatic nitrogens is 1. The lowest BCUT2D eigenvalue weighted by molar-refractivity contribution is -0.144. The van der Waals surface area contributed by atoms with Gasteiger partial charge in [-0.05, 0) is 18.6 Å². The van der Waals surface area contributed by atoms with E-state index in [1.807, 2.05) is 0 Å². The molecule has 0 spiro atoms. The van der Waals surface area contributed by atoms with E-state index in [0.717, 1.165) is 12.8 Å². The third-order valence-electron chi connectivity index (χ3n) is 4.96. The number of hydrogen-bond acceptors (Lipinski definition) is 5. The monoisotopic (exact) mass is 405 g/mol. The van der Waals surface area contributed by atoms with E-state index in [1.165, 1.54) is 76.8 Å². The molecule has 0 aliphatic heterocycles. The molecule has 164 valence electrons. The summed E-state index contributed by atoms with van der Waals surface area (Å²) in [7, 11) is 0. The van der Waals surface area contributed by atoms with Gasteiger partial charge in [-0.15, -0.1) is 0 Å². The summed E-state index contributed by atoms with van der Waals surface area (Å²) in [5.41, 5.74) is 0.394. The zero-order chi connectivity index (χ0) is 21.0. The minimum Gasteiger partial charge on any atom is -0.462 e. The lowest BCUT2D eigenvalue weighted by Crippen LogP contribution is -2.14. The van der Waals surface area contributed by atoms with Crippen LogP contribution >= 0.6 is 0 Å². The minimum atomic E-state index is -0.453. The molecule has 5 heteroatoms. The first-order valence-corrected chi connectivity index (χ1v) is 11.5. The molecule has 1 heterocycles. The van der Waals surface area contributed by atoms with E-state index in [1.54, 1.807) is 18.3 Å². The average Bonchev–Trinajstić information content (AvgIpc) is 2.75. The van der Waals surface area contributed by atoms with Crippen LogP contribution in [-0.4, -0.2) is 30.1 Å². The Hall–Kier alpha value is -1.91. The highest BCUT2D eigenvalue weighted by Crippen LogP contribution is 2.13. The fourth-order valence-electron chi connectivity index (χ4n) is 3.22. The first-order valence-electron chi connectivity index (χ1n) is 11.5. The number of unbranched alkanes of at least 4 members (excludes halogenated alkanes) is 12. The summed E-state index contributed by atoms with van der Waals surface area (Å²) in [6.07, 6.45) is 20.2. The summed E-state index contributed by atoms with van der Waals surface area (Å²) in [4.78, 5) is 27.2. The van der Waals surface area contributed by atoms with Crippen molar-refractivity contribution in [2.45, 2.75) is 96.8 Å². The van der Waals surface area contributed by atoms with E-state index >= 15 is 0 Å². The molecule has 0 aliphatic carbocycles. The first-order chi connectivity index (χ1) is 14.2. The van der Waals surface area contributed by atoms with E-state index in [-0.39, 0.29) is 19.2 Å². The van der Waals surface area contributed by atoms with Crippen LogP contribution in [0.2, 0.25) is 0 Å². The Labute approximate surface area is 176 Å². The van der Waals surface area contributed by atoms with Crippen molar-refractivity contribution in [3.05, 3.63) is 30.1 Å². The molecule has 0 radical (unpaired) electrons. The van der Waals surface area contributed by atoms with Gasteiger partial charge in [-0.1, -0.05) is 84.0 Å². The Morgan fingerprint density at radius 3 is 1.90 bits per heavy atom. The van der Waals surface area contributed by atoms with Crippen LogP contribution in [-0.2, 0) is 14.3 Å². The van der Waals surface area contributed by atoms with Crippen molar-refractivity contribution in [3.8, 4) is 0 Å². The molecule has 0 aliphatic rings. The summed E-state index contributed by atoms with van der Waals surface area (Å²) in [5, 5.41) is 0. The molecule has 0 aromatic carbocycles. The van der Waals surface area contributed by atoms with Gasteiger partial charge in [0.15, 0.2) is 0 Å². The van der Waals surface area contributed by atoms with Gasteiger partial charge < -0.3 is 9.47 Å². The summed E-state index contributed by atoms with van der Waals surface area (Å²) in [5.74, 6) is -0.670. The number of carbonyl (C=O) groups is 2. The maximum absolute atomic E-state index is 11.7. The fourth-order valence-corrected chi connectivity index (χ4v) is 3.22. The van der Waals surface area contributed by atoms with Crippen molar-refractivity contribution in [1.29, 1.82) is 0 Å². The quantitative estimate of drug-likeness (QED) is 0.213. The molecule has 0 unspecified atom stereocenters. The van der Waals surface area contributed by atoms with Gasteiger partial charge in [0.2, 0.25) is 0 Å². The molecule has 1 aromatic heterocycles. The average molecular weight is 406 g/mol. The number of esters is 2. The lowest BCUT2D eigenvalue weighted by atomic mass is 10.0. The maximum atomic E-state index is 11.7. The van der Waals surface area contributed by atoms with Crippen LogP contribution in [0.15, 0.2) is 24.5 Å². The predicted octanol–water partition coefficient (Wildman–Crippen LogP) is 6.26. The molecule has 29 heavy (non-hydrogen) atoms. The Bertz CT molecular complexity index is 533. The van der Waals surface area contributed by atoms with Gasteiger partial charge >= 0.3 is 11.9 Å². The molecule has 1 aromatic rings. The molecule has 1 rings (SSSR count). The maximum Gasteiger partial charge on any atom is 0.339 e. The highest BCUT2D eigenvalue weighted by atomic mass is 16.6. The van der Waals surface area contributed by atoms with Gasteiger partial charge in [-0.2, -0.15) is 0 Å². The van der Waals surface area contributed by atoms with Crippen LogP contribution in [0.3, 0.4) is 0 Å². The number of rotatable bonds is 18. The van der Waals surface area contributed by atoms with Crippen LogP contribution in [0.1, 0.15) is 107 Å². The number of ether oxygens (including phenoxy) is 2. The second-order valence-corrected chi connectivity index (χ2v) is 7.59. The molecule has 0 fully saturated rings. The molecule has 0 amide bonds. The molecule has 0 N–H and O–H groups in total. The third kappa shape index (κ3) is 14.7. The Morgan fingerprint density at radius 1 is 0.793 bits per heavy atom. The number of hydrogen-bond donors (Lipinski definition) is 0. The van der Waals surface area contributed by atoms with Crippen LogP contribution < -0.4 is 0 Å². The SMILES string of the molecule is CCCCCCCCCCCCCCCC(=O)OCCOC(=O)c1cccnc1. The zero-order valence-electron chi connectivity index (χ0n) is 18.2. The summed E-state index contributed by atoms with van der Waals surface area (Å²) >= 11 is 0. The van der Waals surface area contributed by atoms with Crippen molar-refractivity contribution in [2.75, 3.05) is 13.2 Å². The summed E-state index contributed by atoms with van der Waals surface area (Å²) < 4.78 is 10.1. The fraction of sp³-hybridized carbons (Fsp3) is 0.708. The zero-order valence-corrected chi connectivity index (χ0v) is 18.2. The Morgan fingerprint density at radius 2 is 1.34 bits per heavy atom. The second kappa shape index (κ2) is 18.1. The standard InChI is InChI=1S/C24H39NO4/c1-2-3-4-5-6-7-8-9-10-11-12-13-14-17-23(26)28-19-20-29-24(27)22-16-15-18-25-21-22/h15-16,18,21H,2-14,17,19-20H2,1H3. The lowest BCUT2D eigenvalue weighted by Gasteiger charge is -2.06. The molecule has 0 saturated carbocycles. The van der Waals surface area contributed by atoms with E-state index in [9.17, 15) is 9.59 Å². The first kappa shape index (κ1) is 25.1. The van der Waals surface area contributed by atoms with Gasteiger partial charge in [0.05, 0.1) is 5.56 Å².